The predicted molar refractivity (Wildman–Crippen MR) is 263 cm³/mol. The van der Waals surface area contributed by atoms with Crippen molar-refractivity contribution >= 4 is 95.0 Å². The average Bonchev–Trinajstić information content (AvgIpc) is 4.05. The summed E-state index contributed by atoms with van der Waals surface area (Å²) in [6, 6.07) is 16.4. The van der Waals surface area contributed by atoms with E-state index in [4.69, 9.17) is 9.72 Å². The topological polar surface area (TPSA) is 195 Å². The summed E-state index contributed by atoms with van der Waals surface area (Å²) in [6.45, 7) is 10.9. The van der Waals surface area contributed by atoms with Crippen molar-refractivity contribution in [2.75, 3.05) is 92.7 Å². The van der Waals surface area contributed by atoms with Crippen LogP contribution >= 0.6 is 15.9 Å². The van der Waals surface area contributed by atoms with Gasteiger partial charge in [-0.2, -0.15) is 4.98 Å². The molecule has 4 amide bonds. The molecule has 5 aliphatic heterocycles. The quantitative estimate of drug-likeness (QED) is 0.136. The van der Waals surface area contributed by atoms with Crippen molar-refractivity contribution in [3.8, 4) is 5.75 Å². The summed E-state index contributed by atoms with van der Waals surface area (Å²) in [5.74, 6) is 0.0137. The maximum Gasteiger partial charge on any atom is 0.262 e. The van der Waals surface area contributed by atoms with Crippen LogP contribution in [-0.2, 0) is 19.6 Å². The van der Waals surface area contributed by atoms with E-state index >= 15 is 0 Å². The van der Waals surface area contributed by atoms with Crippen molar-refractivity contribution in [2.45, 2.75) is 51.1 Å². The van der Waals surface area contributed by atoms with Gasteiger partial charge in [0, 0.05) is 107 Å². The fourth-order valence-electron chi connectivity index (χ4n) is 10.6. The van der Waals surface area contributed by atoms with E-state index in [-0.39, 0.29) is 18.7 Å². The summed E-state index contributed by atoms with van der Waals surface area (Å²) >= 11 is 3.55. The highest BCUT2D eigenvalue weighted by Crippen LogP contribution is 2.38. The maximum atomic E-state index is 13.4. The number of methoxy groups -OCH3 is 1. The van der Waals surface area contributed by atoms with E-state index in [2.05, 4.69) is 75.5 Å². The van der Waals surface area contributed by atoms with Crippen molar-refractivity contribution in [1.82, 2.24) is 34.0 Å². The van der Waals surface area contributed by atoms with Gasteiger partial charge in [-0.05, 0) is 96.4 Å². The number of hydrogen-bond donors (Lipinski definition) is 3. The zero-order valence-corrected chi connectivity index (χ0v) is 40.6. The minimum atomic E-state index is -3.54. The summed E-state index contributed by atoms with van der Waals surface area (Å²) in [6.07, 6.45) is 7.79. The molecule has 5 aliphatic rings. The monoisotopic (exact) mass is 1010 g/mol. The number of imide groups is 2. The molecule has 4 fully saturated rings. The number of ether oxygens (including phenoxy) is 1. The van der Waals surface area contributed by atoms with Crippen molar-refractivity contribution in [2.24, 2.45) is 5.92 Å². The SMILES string of the molecule is COc1cc(N2CCC(N3CCN(C[C@H]4CCN(c5ccc6c(c5)C(=O)N(C5CCC(=O)NC5=O)C6=O)C4)CC3)CC2)c(C)cc1Nc1ncc(Br)c(Nc2cccc3ccn(S(C)(=O)=O)c23)n1. The molecule has 356 valence electrons. The molecule has 0 spiro atoms. The van der Waals surface area contributed by atoms with Crippen LogP contribution in [0, 0.1) is 12.8 Å². The number of aromatic nitrogens is 3. The maximum absolute atomic E-state index is 13.4. The highest BCUT2D eigenvalue weighted by atomic mass is 79.9. The molecule has 2 aromatic heterocycles. The van der Waals surface area contributed by atoms with Crippen molar-refractivity contribution in [3.63, 3.8) is 0 Å². The van der Waals surface area contributed by atoms with Gasteiger partial charge in [0.25, 0.3) is 11.8 Å². The third kappa shape index (κ3) is 8.89. The lowest BCUT2D eigenvalue weighted by Crippen LogP contribution is -2.54. The molecular weight excluding hydrogens is 955 g/mol. The fraction of sp³-hybridized carbons (Fsp3) is 0.417. The van der Waals surface area contributed by atoms with Crippen LogP contribution in [0.15, 0.2) is 71.5 Å². The second kappa shape index (κ2) is 18.4. The highest BCUT2D eigenvalue weighted by molar-refractivity contribution is 9.10. The van der Waals surface area contributed by atoms with Crippen LogP contribution in [0.4, 0.5) is 34.5 Å². The number of hydrogen-bond acceptors (Lipinski definition) is 15. The number of nitrogens with one attached hydrogen (secondary N) is 3. The van der Waals surface area contributed by atoms with Gasteiger partial charge in [-0.3, -0.25) is 34.3 Å². The Kier molecular flexibility index (Phi) is 12.4. The standard InChI is InChI=1S/C48H54BrN11O7S/c1-29-23-38(52-48-50-26-36(49)44(54-48)51-37-6-4-5-31-12-18-59(43(31)37)68(3,65)66)41(67-2)25-40(29)57-16-13-32(14-17-57)56-21-19-55(20-22-56)27-30-11-15-58(28-30)33-7-8-34-35(24-33)47(64)60(46(34)63)39-9-10-42(61)53-45(39)62/h4-8,12,18,23-26,30,32,39H,9-11,13-17,19-22,27-28H2,1-3H3,(H,53,61,62)(H2,50,51,52,54)/t30-,39?/m1/s1. The number of anilines is 6. The molecule has 1 unspecified atom stereocenters. The zero-order chi connectivity index (χ0) is 47.4. The van der Waals surface area contributed by atoms with Crippen LogP contribution in [0.25, 0.3) is 10.9 Å². The van der Waals surface area contributed by atoms with E-state index in [9.17, 15) is 27.6 Å². The number of amides is 4. The Morgan fingerprint density at radius 3 is 2.37 bits per heavy atom. The lowest BCUT2D eigenvalue weighted by molar-refractivity contribution is -0.136. The van der Waals surface area contributed by atoms with E-state index in [1.54, 1.807) is 37.7 Å². The Bertz CT molecular complexity index is 2950. The molecular formula is C48H54BrN11O7S. The Balaban J connectivity index is 0.709. The van der Waals surface area contributed by atoms with Crippen LogP contribution in [0.5, 0.6) is 5.75 Å². The first kappa shape index (κ1) is 45.7. The van der Waals surface area contributed by atoms with Crippen molar-refractivity contribution < 1.29 is 32.3 Å². The normalized spacial score (nSPS) is 20.9. The molecule has 3 aromatic carbocycles. The lowest BCUT2D eigenvalue weighted by atomic mass is 10.00. The molecule has 4 saturated heterocycles. The third-order valence-electron chi connectivity index (χ3n) is 14.1. The van der Waals surface area contributed by atoms with E-state index < -0.39 is 33.8 Å². The van der Waals surface area contributed by atoms with Gasteiger partial charge in [0.15, 0.2) is 0 Å². The molecule has 7 heterocycles. The third-order valence-corrected chi connectivity index (χ3v) is 15.7. The molecule has 0 bridgehead atoms. The number of nitrogens with zero attached hydrogens (tertiary/aromatic N) is 8. The van der Waals surface area contributed by atoms with Gasteiger partial charge < -0.3 is 30.1 Å². The number of piperazine rings is 1. The molecule has 3 N–H and O–H groups in total. The number of para-hydroxylation sites is 1. The number of halogens is 1. The minimum absolute atomic E-state index is 0.0927. The van der Waals surface area contributed by atoms with Crippen LogP contribution in [-0.4, -0.2) is 145 Å². The Morgan fingerprint density at radius 1 is 0.853 bits per heavy atom. The first-order valence-electron chi connectivity index (χ1n) is 23.1. The molecule has 68 heavy (non-hydrogen) atoms. The van der Waals surface area contributed by atoms with Crippen LogP contribution in [0.1, 0.15) is 58.4 Å². The molecule has 20 heteroatoms. The second-order valence-corrected chi connectivity index (χ2v) is 21.1. The molecule has 0 saturated carbocycles. The van der Waals surface area contributed by atoms with E-state index in [1.807, 2.05) is 24.3 Å². The van der Waals surface area contributed by atoms with Gasteiger partial charge >= 0.3 is 0 Å². The average molecular weight is 1010 g/mol. The molecule has 0 radical (unpaired) electrons. The zero-order valence-electron chi connectivity index (χ0n) is 38.2. The van der Waals surface area contributed by atoms with Crippen molar-refractivity contribution in [1.29, 1.82) is 0 Å². The van der Waals surface area contributed by atoms with E-state index in [0.717, 1.165) is 111 Å². The summed E-state index contributed by atoms with van der Waals surface area (Å²) in [4.78, 5) is 71.1. The number of benzene rings is 3. The van der Waals surface area contributed by atoms with Crippen LogP contribution < -0.4 is 30.5 Å². The Labute approximate surface area is 403 Å². The number of rotatable bonds is 12. The summed E-state index contributed by atoms with van der Waals surface area (Å²) in [5.41, 5.74) is 5.61. The lowest BCUT2D eigenvalue weighted by Gasteiger charge is -2.44. The fourth-order valence-corrected chi connectivity index (χ4v) is 11.7. The molecule has 5 aromatic rings. The van der Waals surface area contributed by atoms with Crippen LogP contribution in [0.2, 0.25) is 0 Å². The summed E-state index contributed by atoms with van der Waals surface area (Å²) in [5, 5.41) is 9.68. The largest absolute Gasteiger partial charge is 0.494 e. The molecule has 18 nitrogen and oxygen atoms in total. The Hall–Kier alpha value is -6.09. The van der Waals surface area contributed by atoms with Gasteiger partial charge in [-0.15, -0.1) is 0 Å². The Morgan fingerprint density at radius 2 is 1.62 bits per heavy atom. The van der Waals surface area contributed by atoms with E-state index in [1.165, 1.54) is 10.2 Å². The van der Waals surface area contributed by atoms with Crippen molar-refractivity contribution in [3.05, 3.63) is 88.2 Å². The predicted octanol–water partition coefficient (Wildman–Crippen LogP) is 5.32. The van der Waals surface area contributed by atoms with Gasteiger partial charge in [0.05, 0.1) is 45.9 Å². The number of carbonyl (C=O) groups is 4. The van der Waals surface area contributed by atoms with Gasteiger partial charge in [0.2, 0.25) is 27.8 Å². The van der Waals surface area contributed by atoms with Gasteiger partial charge in [0.1, 0.15) is 17.6 Å². The first-order chi connectivity index (χ1) is 32.7. The minimum Gasteiger partial charge on any atom is -0.494 e. The highest BCUT2D eigenvalue weighted by Gasteiger charge is 2.45. The molecule has 10 rings (SSSR count). The summed E-state index contributed by atoms with van der Waals surface area (Å²) in [7, 11) is -1.88. The number of fused-ring (bicyclic) bond motifs is 2. The second-order valence-electron chi connectivity index (χ2n) is 18.4. The summed E-state index contributed by atoms with van der Waals surface area (Å²) < 4.78 is 32.8. The molecule has 2 atom stereocenters. The molecule has 0 aliphatic carbocycles. The van der Waals surface area contributed by atoms with Crippen LogP contribution in [0.3, 0.4) is 0 Å². The van der Waals surface area contributed by atoms with Gasteiger partial charge in [-0.1, -0.05) is 12.1 Å². The van der Waals surface area contributed by atoms with E-state index in [0.29, 0.717) is 56.3 Å². The number of carbonyl (C=O) groups excluding carboxylic acids is 4. The number of aryl methyl sites for hydroxylation is 1. The van der Waals surface area contributed by atoms with Gasteiger partial charge in [-0.25, -0.2) is 17.4 Å². The number of piperidine rings is 2. The first-order valence-corrected chi connectivity index (χ1v) is 25.7. The smallest absolute Gasteiger partial charge is 0.262 e.